The highest BCUT2D eigenvalue weighted by molar-refractivity contribution is 7.98. The summed E-state index contributed by atoms with van der Waals surface area (Å²) in [7, 11) is 0. The van der Waals surface area contributed by atoms with Gasteiger partial charge in [-0.15, -0.1) is 5.10 Å². The van der Waals surface area contributed by atoms with Gasteiger partial charge in [-0.1, -0.05) is 73.6 Å². The van der Waals surface area contributed by atoms with Crippen LogP contribution in [-0.2, 0) is 10.5 Å². The van der Waals surface area contributed by atoms with Gasteiger partial charge in [0.1, 0.15) is 0 Å². The monoisotopic (exact) mass is 447 g/mol. The molecule has 7 heteroatoms. The summed E-state index contributed by atoms with van der Waals surface area (Å²) in [6.45, 7) is 8.35. The number of benzene rings is 2. The summed E-state index contributed by atoms with van der Waals surface area (Å²) in [5.74, 6) is 1.78. The molecule has 2 heterocycles. The van der Waals surface area contributed by atoms with E-state index in [1.165, 1.54) is 11.1 Å². The minimum Gasteiger partial charge on any atom is -0.328 e. The summed E-state index contributed by atoms with van der Waals surface area (Å²) in [5.41, 5.74) is 4.79. The lowest BCUT2D eigenvalue weighted by molar-refractivity contribution is -0.113. The fourth-order valence-electron chi connectivity index (χ4n) is 3.93. The lowest BCUT2D eigenvalue weighted by Crippen LogP contribution is -2.31. The van der Waals surface area contributed by atoms with Gasteiger partial charge in [-0.25, -0.2) is 4.68 Å². The van der Waals surface area contributed by atoms with E-state index in [0.717, 1.165) is 23.6 Å². The van der Waals surface area contributed by atoms with E-state index in [1.807, 2.05) is 41.9 Å². The van der Waals surface area contributed by atoms with Crippen molar-refractivity contribution < 1.29 is 4.79 Å². The van der Waals surface area contributed by atoms with Gasteiger partial charge in [0.25, 0.3) is 5.91 Å². The molecule has 1 amide bonds. The molecule has 1 aliphatic rings. The zero-order chi connectivity index (χ0) is 22.7. The standard InChI is InChI=1S/C25H29N5OS/c1-16(2)13-21-22(23(31)27-20-11-6-5-7-12-20)18(4)26-24-28-25(29-30(21)24)32-15-19-10-8-9-17(3)14-19/h5-12,14,16,21H,13,15H2,1-4H3,(H,27,31)(H,26,28,29)/t21-/m0/s1. The Labute approximate surface area is 193 Å². The number of amides is 1. The number of aromatic nitrogens is 3. The third kappa shape index (κ3) is 5.05. The van der Waals surface area contributed by atoms with Crippen molar-refractivity contribution in [2.45, 2.75) is 51.1 Å². The molecule has 166 valence electrons. The number of aryl methyl sites for hydroxylation is 1. The van der Waals surface area contributed by atoms with Crippen molar-refractivity contribution in [3.05, 3.63) is 77.0 Å². The highest BCUT2D eigenvalue weighted by atomic mass is 32.2. The van der Waals surface area contributed by atoms with Crippen molar-refractivity contribution in [2.75, 3.05) is 10.6 Å². The molecule has 2 aromatic carbocycles. The number of nitrogens with one attached hydrogen (secondary N) is 2. The Balaban J connectivity index is 1.58. The second kappa shape index (κ2) is 9.61. The fourth-order valence-corrected chi connectivity index (χ4v) is 4.70. The molecule has 0 spiro atoms. The van der Waals surface area contributed by atoms with E-state index in [4.69, 9.17) is 10.1 Å². The van der Waals surface area contributed by atoms with E-state index in [-0.39, 0.29) is 11.9 Å². The van der Waals surface area contributed by atoms with Crippen LogP contribution in [0.1, 0.15) is 44.4 Å². The van der Waals surface area contributed by atoms with E-state index in [0.29, 0.717) is 22.6 Å². The Bertz CT molecular complexity index is 1140. The molecule has 0 unspecified atom stereocenters. The summed E-state index contributed by atoms with van der Waals surface area (Å²) in [6.07, 6.45) is 0.801. The van der Waals surface area contributed by atoms with Gasteiger partial charge in [0.05, 0.1) is 11.6 Å². The lowest BCUT2D eigenvalue weighted by Gasteiger charge is -2.29. The number of allylic oxidation sites excluding steroid dienone is 1. The Hall–Kier alpha value is -3.06. The minimum absolute atomic E-state index is 0.109. The van der Waals surface area contributed by atoms with E-state index in [2.05, 4.69) is 55.7 Å². The summed E-state index contributed by atoms with van der Waals surface area (Å²) >= 11 is 1.61. The lowest BCUT2D eigenvalue weighted by atomic mass is 9.94. The van der Waals surface area contributed by atoms with Gasteiger partial charge in [0, 0.05) is 17.1 Å². The second-order valence-electron chi connectivity index (χ2n) is 8.57. The molecule has 0 bridgehead atoms. The van der Waals surface area contributed by atoms with Gasteiger partial charge in [0.15, 0.2) is 0 Å². The summed E-state index contributed by atoms with van der Waals surface area (Å²) in [4.78, 5) is 18.0. The predicted molar refractivity (Wildman–Crippen MR) is 131 cm³/mol. The van der Waals surface area contributed by atoms with Gasteiger partial charge in [-0.2, -0.15) is 4.98 Å². The molecule has 2 N–H and O–H groups in total. The second-order valence-corrected chi connectivity index (χ2v) is 9.51. The number of hydrogen-bond donors (Lipinski definition) is 2. The zero-order valence-electron chi connectivity index (χ0n) is 18.9. The van der Waals surface area contributed by atoms with Crippen molar-refractivity contribution in [3.8, 4) is 0 Å². The van der Waals surface area contributed by atoms with Crippen LogP contribution >= 0.6 is 11.8 Å². The molecule has 0 aliphatic carbocycles. The molecule has 1 aromatic heterocycles. The van der Waals surface area contributed by atoms with Crippen LogP contribution in [0.5, 0.6) is 0 Å². The first-order chi connectivity index (χ1) is 15.4. The normalized spacial score (nSPS) is 15.5. The van der Waals surface area contributed by atoms with Crippen molar-refractivity contribution in [1.82, 2.24) is 14.8 Å². The largest absolute Gasteiger partial charge is 0.328 e. The van der Waals surface area contributed by atoms with Crippen LogP contribution in [0.25, 0.3) is 0 Å². The van der Waals surface area contributed by atoms with Crippen LogP contribution < -0.4 is 10.6 Å². The number of carbonyl (C=O) groups excluding carboxylic acids is 1. The average Bonchev–Trinajstić information content (AvgIpc) is 3.15. The van der Waals surface area contributed by atoms with Gasteiger partial charge < -0.3 is 10.6 Å². The SMILES string of the molecule is CC1=C(C(=O)Nc2ccccc2)[C@H](CC(C)C)n2nc(SCc3cccc(C)c3)nc2N1. The highest BCUT2D eigenvalue weighted by Crippen LogP contribution is 2.36. The smallest absolute Gasteiger partial charge is 0.255 e. The molecule has 3 aromatic rings. The average molecular weight is 448 g/mol. The maximum atomic E-state index is 13.3. The number of nitrogens with zero attached hydrogens (tertiary/aromatic N) is 3. The molecule has 0 fully saturated rings. The number of carbonyl (C=O) groups is 1. The van der Waals surface area contributed by atoms with E-state index in [9.17, 15) is 4.79 Å². The van der Waals surface area contributed by atoms with Gasteiger partial charge in [-0.3, -0.25) is 4.79 Å². The maximum absolute atomic E-state index is 13.3. The fraction of sp³-hybridized carbons (Fsp3) is 0.320. The molecular formula is C25H29N5OS. The zero-order valence-corrected chi connectivity index (χ0v) is 19.7. The molecule has 0 saturated heterocycles. The quantitative estimate of drug-likeness (QED) is 0.448. The van der Waals surface area contributed by atoms with Crippen molar-refractivity contribution in [2.24, 2.45) is 5.92 Å². The molecule has 0 radical (unpaired) electrons. The van der Waals surface area contributed by atoms with Gasteiger partial charge in [0.2, 0.25) is 11.1 Å². The topological polar surface area (TPSA) is 71.8 Å². The summed E-state index contributed by atoms with van der Waals surface area (Å²) in [5, 5.41) is 11.8. The third-order valence-corrected chi connectivity index (χ3v) is 6.27. The number of anilines is 2. The first-order valence-electron chi connectivity index (χ1n) is 10.9. The summed E-state index contributed by atoms with van der Waals surface area (Å²) < 4.78 is 1.88. The van der Waals surface area contributed by atoms with Crippen LogP contribution in [0, 0.1) is 12.8 Å². The Kier molecular flexibility index (Phi) is 6.65. The Morgan fingerprint density at radius 1 is 1.16 bits per heavy atom. The number of hydrogen-bond acceptors (Lipinski definition) is 5. The van der Waals surface area contributed by atoms with Crippen molar-refractivity contribution in [3.63, 3.8) is 0 Å². The van der Waals surface area contributed by atoms with Gasteiger partial charge >= 0.3 is 0 Å². The predicted octanol–water partition coefficient (Wildman–Crippen LogP) is 5.80. The van der Waals surface area contributed by atoms with Crippen LogP contribution in [0.4, 0.5) is 11.6 Å². The molecular weight excluding hydrogens is 418 g/mol. The van der Waals surface area contributed by atoms with Gasteiger partial charge in [-0.05, 0) is 43.9 Å². The molecule has 1 atom stereocenters. The van der Waals surface area contributed by atoms with Crippen LogP contribution in [0.2, 0.25) is 0 Å². The number of fused-ring (bicyclic) bond motifs is 1. The Morgan fingerprint density at radius 2 is 1.94 bits per heavy atom. The van der Waals surface area contributed by atoms with Crippen LogP contribution in [0.15, 0.2) is 71.0 Å². The molecule has 4 rings (SSSR count). The van der Waals surface area contributed by atoms with E-state index >= 15 is 0 Å². The molecule has 1 aliphatic heterocycles. The molecule has 32 heavy (non-hydrogen) atoms. The highest BCUT2D eigenvalue weighted by Gasteiger charge is 2.33. The summed E-state index contributed by atoms with van der Waals surface area (Å²) in [6, 6.07) is 17.8. The molecule has 6 nitrogen and oxygen atoms in total. The van der Waals surface area contributed by atoms with E-state index < -0.39 is 0 Å². The van der Waals surface area contributed by atoms with Crippen molar-refractivity contribution >= 4 is 29.3 Å². The van der Waals surface area contributed by atoms with Crippen molar-refractivity contribution in [1.29, 1.82) is 0 Å². The first-order valence-corrected chi connectivity index (χ1v) is 11.9. The third-order valence-electron chi connectivity index (χ3n) is 5.36. The number of rotatable bonds is 7. The number of para-hydroxylation sites is 1. The minimum atomic E-state index is -0.171. The number of thioether (sulfide) groups is 1. The molecule has 0 saturated carbocycles. The first kappa shape index (κ1) is 22.1. The van der Waals surface area contributed by atoms with Crippen LogP contribution in [-0.4, -0.2) is 20.7 Å². The van der Waals surface area contributed by atoms with Crippen LogP contribution in [0.3, 0.4) is 0 Å². The Morgan fingerprint density at radius 3 is 2.66 bits per heavy atom. The van der Waals surface area contributed by atoms with E-state index in [1.54, 1.807) is 11.8 Å². The maximum Gasteiger partial charge on any atom is 0.255 e.